The summed E-state index contributed by atoms with van der Waals surface area (Å²) in [7, 11) is 1.53. The lowest BCUT2D eigenvalue weighted by Gasteiger charge is -2.30. The molecule has 0 aliphatic rings. The number of aliphatic carboxylic acids is 1. The first-order valence-electron chi connectivity index (χ1n) is 6.68. The molecule has 0 fully saturated rings. The maximum atomic E-state index is 12.2. The quantitative estimate of drug-likeness (QED) is 0.723. The third-order valence-electron chi connectivity index (χ3n) is 2.59. The normalized spacial score (nSPS) is 10.6. The van der Waals surface area contributed by atoms with Crippen LogP contribution < -0.4 is 5.32 Å². The number of hydrogen-bond donors (Lipinski definition) is 2. The highest BCUT2D eigenvalue weighted by Gasteiger charge is 2.22. The monoisotopic (exact) mass is 287 g/mol. The highest BCUT2D eigenvalue weighted by molar-refractivity contribution is 5.84. The van der Waals surface area contributed by atoms with Crippen LogP contribution >= 0.6 is 0 Å². The van der Waals surface area contributed by atoms with E-state index in [1.807, 2.05) is 27.7 Å². The van der Waals surface area contributed by atoms with Crippen LogP contribution in [0.4, 0.5) is 4.79 Å². The standard InChI is InChI=1S/C13H25N3O4/c1-9(2)14-11(17)8-15(5)13(20)16(10(3)4)7-6-12(18)19/h9-10H,6-8H2,1-5H3,(H,14,17)(H,18,19). The van der Waals surface area contributed by atoms with Gasteiger partial charge in [-0.15, -0.1) is 0 Å². The van der Waals surface area contributed by atoms with Gasteiger partial charge in [0.05, 0.1) is 6.42 Å². The first kappa shape index (κ1) is 18.2. The van der Waals surface area contributed by atoms with Crippen molar-refractivity contribution in [2.24, 2.45) is 0 Å². The Balaban J connectivity index is 4.56. The molecule has 0 aromatic heterocycles. The van der Waals surface area contributed by atoms with Crippen molar-refractivity contribution < 1.29 is 19.5 Å². The van der Waals surface area contributed by atoms with Crippen molar-refractivity contribution in [2.45, 2.75) is 46.2 Å². The van der Waals surface area contributed by atoms with E-state index in [9.17, 15) is 14.4 Å². The van der Waals surface area contributed by atoms with Gasteiger partial charge in [-0.2, -0.15) is 0 Å². The van der Waals surface area contributed by atoms with Gasteiger partial charge >= 0.3 is 12.0 Å². The smallest absolute Gasteiger partial charge is 0.320 e. The summed E-state index contributed by atoms with van der Waals surface area (Å²) in [6.45, 7) is 7.37. The highest BCUT2D eigenvalue weighted by Crippen LogP contribution is 2.05. The number of amides is 3. The largest absolute Gasteiger partial charge is 0.481 e. The number of urea groups is 1. The van der Waals surface area contributed by atoms with Crippen molar-refractivity contribution in [3.05, 3.63) is 0 Å². The number of carboxylic acid groups (broad SMARTS) is 1. The van der Waals surface area contributed by atoms with Crippen LogP contribution in [0.15, 0.2) is 0 Å². The molecule has 3 amide bonds. The molecular weight excluding hydrogens is 262 g/mol. The van der Waals surface area contributed by atoms with Crippen LogP contribution in [0.2, 0.25) is 0 Å². The molecule has 0 heterocycles. The molecule has 0 saturated heterocycles. The Bertz CT molecular complexity index is 356. The Morgan fingerprint density at radius 3 is 2.10 bits per heavy atom. The Morgan fingerprint density at radius 2 is 1.70 bits per heavy atom. The van der Waals surface area contributed by atoms with E-state index >= 15 is 0 Å². The van der Waals surface area contributed by atoms with Crippen LogP contribution in [0, 0.1) is 0 Å². The van der Waals surface area contributed by atoms with Crippen molar-refractivity contribution in [1.82, 2.24) is 15.1 Å². The van der Waals surface area contributed by atoms with Crippen molar-refractivity contribution in [2.75, 3.05) is 20.1 Å². The van der Waals surface area contributed by atoms with Gasteiger partial charge in [-0.3, -0.25) is 9.59 Å². The molecule has 0 aliphatic heterocycles. The number of carboxylic acids is 1. The summed E-state index contributed by atoms with van der Waals surface area (Å²) in [6, 6.07) is -0.461. The Labute approximate surface area is 119 Å². The van der Waals surface area contributed by atoms with E-state index in [4.69, 9.17) is 5.11 Å². The first-order valence-corrected chi connectivity index (χ1v) is 6.68. The fraction of sp³-hybridized carbons (Fsp3) is 0.769. The third kappa shape index (κ3) is 6.96. The van der Waals surface area contributed by atoms with Gasteiger partial charge in [-0.1, -0.05) is 0 Å². The number of rotatable bonds is 7. The molecule has 20 heavy (non-hydrogen) atoms. The van der Waals surface area contributed by atoms with Crippen LogP contribution in [0.25, 0.3) is 0 Å². The van der Waals surface area contributed by atoms with Crippen LogP contribution in [0.1, 0.15) is 34.1 Å². The van der Waals surface area contributed by atoms with E-state index in [1.165, 1.54) is 16.8 Å². The molecule has 0 atom stereocenters. The topological polar surface area (TPSA) is 90.0 Å². The van der Waals surface area contributed by atoms with Crippen LogP contribution in [-0.4, -0.2) is 65.0 Å². The van der Waals surface area contributed by atoms with Gasteiger partial charge in [-0.25, -0.2) is 4.79 Å². The molecule has 0 radical (unpaired) electrons. The lowest BCUT2D eigenvalue weighted by Crippen LogP contribution is -2.49. The van der Waals surface area contributed by atoms with Gasteiger partial charge in [0.2, 0.25) is 5.91 Å². The van der Waals surface area contributed by atoms with Crippen molar-refractivity contribution >= 4 is 17.9 Å². The van der Waals surface area contributed by atoms with Gasteiger partial charge in [0.1, 0.15) is 6.54 Å². The lowest BCUT2D eigenvalue weighted by molar-refractivity contribution is -0.137. The fourth-order valence-electron chi connectivity index (χ4n) is 1.66. The SMILES string of the molecule is CC(C)NC(=O)CN(C)C(=O)N(CCC(=O)O)C(C)C. The number of carbonyl (C=O) groups is 3. The minimum absolute atomic E-state index is 0.0132. The van der Waals surface area contributed by atoms with E-state index < -0.39 is 5.97 Å². The van der Waals surface area contributed by atoms with E-state index in [1.54, 1.807) is 0 Å². The second-order valence-electron chi connectivity index (χ2n) is 5.29. The van der Waals surface area contributed by atoms with E-state index in [0.717, 1.165) is 0 Å². The summed E-state index contributed by atoms with van der Waals surface area (Å²) in [4.78, 5) is 37.1. The number of likely N-dealkylation sites (N-methyl/N-ethyl adjacent to an activating group) is 1. The zero-order chi connectivity index (χ0) is 15.9. The molecule has 0 spiro atoms. The van der Waals surface area contributed by atoms with Crippen LogP contribution in [-0.2, 0) is 9.59 Å². The molecule has 0 aromatic rings. The zero-order valence-electron chi connectivity index (χ0n) is 12.8. The second kappa shape index (κ2) is 8.39. The summed E-state index contributed by atoms with van der Waals surface area (Å²) < 4.78 is 0. The molecule has 7 heteroatoms. The van der Waals surface area contributed by atoms with Gasteiger partial charge in [-0.05, 0) is 27.7 Å². The van der Waals surface area contributed by atoms with E-state index in [-0.39, 0.29) is 43.5 Å². The predicted octanol–water partition coefficient (Wildman–Crippen LogP) is 0.748. The molecule has 116 valence electrons. The Hall–Kier alpha value is -1.79. The predicted molar refractivity (Wildman–Crippen MR) is 75.4 cm³/mol. The number of nitrogens with zero attached hydrogens (tertiary/aromatic N) is 2. The van der Waals surface area contributed by atoms with Crippen LogP contribution in [0.5, 0.6) is 0 Å². The molecule has 0 aromatic carbocycles. The average molecular weight is 287 g/mol. The average Bonchev–Trinajstić information content (AvgIpc) is 2.26. The lowest BCUT2D eigenvalue weighted by atomic mass is 10.3. The van der Waals surface area contributed by atoms with Crippen LogP contribution in [0.3, 0.4) is 0 Å². The molecule has 0 bridgehead atoms. The number of carbonyl (C=O) groups excluding carboxylic acids is 2. The zero-order valence-corrected chi connectivity index (χ0v) is 12.8. The summed E-state index contributed by atoms with van der Waals surface area (Å²) in [5, 5.41) is 11.4. The van der Waals surface area contributed by atoms with Gasteiger partial charge in [0.15, 0.2) is 0 Å². The van der Waals surface area contributed by atoms with Gasteiger partial charge in [0.25, 0.3) is 0 Å². The highest BCUT2D eigenvalue weighted by atomic mass is 16.4. The number of nitrogens with one attached hydrogen (secondary N) is 1. The summed E-state index contributed by atoms with van der Waals surface area (Å²) in [5.41, 5.74) is 0. The number of hydrogen-bond acceptors (Lipinski definition) is 3. The van der Waals surface area contributed by atoms with Crippen molar-refractivity contribution in [3.8, 4) is 0 Å². The molecule has 0 saturated carbocycles. The second-order valence-corrected chi connectivity index (χ2v) is 5.29. The first-order chi connectivity index (χ1) is 9.15. The Morgan fingerprint density at radius 1 is 1.15 bits per heavy atom. The maximum Gasteiger partial charge on any atom is 0.320 e. The Kier molecular flexibility index (Phi) is 7.64. The molecular formula is C13H25N3O4. The summed E-state index contributed by atoms with van der Waals surface area (Å²) in [6.07, 6.45) is -0.115. The maximum absolute atomic E-state index is 12.2. The third-order valence-corrected chi connectivity index (χ3v) is 2.59. The molecule has 7 nitrogen and oxygen atoms in total. The van der Waals surface area contributed by atoms with Crippen molar-refractivity contribution in [1.29, 1.82) is 0 Å². The molecule has 0 aliphatic carbocycles. The minimum Gasteiger partial charge on any atom is -0.481 e. The molecule has 2 N–H and O–H groups in total. The summed E-state index contributed by atoms with van der Waals surface area (Å²) >= 11 is 0. The van der Waals surface area contributed by atoms with E-state index in [0.29, 0.717) is 0 Å². The molecule has 0 unspecified atom stereocenters. The van der Waals surface area contributed by atoms with E-state index in [2.05, 4.69) is 5.32 Å². The van der Waals surface area contributed by atoms with Crippen molar-refractivity contribution in [3.63, 3.8) is 0 Å². The molecule has 0 rings (SSSR count). The fourth-order valence-corrected chi connectivity index (χ4v) is 1.66. The van der Waals surface area contributed by atoms with Gasteiger partial charge in [0, 0.05) is 25.7 Å². The minimum atomic E-state index is -0.955. The van der Waals surface area contributed by atoms with Gasteiger partial charge < -0.3 is 20.2 Å². The summed E-state index contributed by atoms with van der Waals surface area (Å²) in [5.74, 6) is -1.19.